The first-order valence-corrected chi connectivity index (χ1v) is 10.2. The summed E-state index contributed by atoms with van der Waals surface area (Å²) in [7, 11) is -2.15. The van der Waals surface area contributed by atoms with Crippen molar-refractivity contribution in [1.82, 2.24) is 14.3 Å². The molecule has 0 amide bonds. The monoisotopic (exact) mass is 405 g/mol. The van der Waals surface area contributed by atoms with E-state index in [1.807, 2.05) is 54.6 Å². The fourth-order valence-electron chi connectivity index (χ4n) is 2.51. The molecular formula is C19H20ClN3O3S. The van der Waals surface area contributed by atoms with Crippen LogP contribution in [0.5, 0.6) is 0 Å². The highest BCUT2D eigenvalue weighted by Gasteiger charge is 2.21. The molecule has 2 aromatic carbocycles. The highest BCUT2D eigenvalue weighted by molar-refractivity contribution is 7.89. The number of sulfonamides is 1. The first kappa shape index (κ1) is 19.6. The van der Waals surface area contributed by atoms with Crippen LogP contribution in [0.1, 0.15) is 16.7 Å². The molecule has 0 aliphatic carbocycles. The van der Waals surface area contributed by atoms with Gasteiger partial charge in [0.2, 0.25) is 5.03 Å². The molecule has 0 aliphatic rings. The molecule has 0 saturated carbocycles. The van der Waals surface area contributed by atoms with E-state index in [1.165, 1.54) is 10.9 Å². The fraction of sp³-hybridized carbons (Fsp3) is 0.211. The Hall–Kier alpha value is -2.19. The van der Waals surface area contributed by atoms with Crippen molar-refractivity contribution in [2.75, 3.05) is 0 Å². The quantitative estimate of drug-likeness (QED) is 0.624. The molecule has 8 heteroatoms. The third kappa shape index (κ3) is 5.17. The van der Waals surface area contributed by atoms with Gasteiger partial charge in [-0.05, 0) is 16.7 Å². The predicted molar refractivity (Wildman–Crippen MR) is 104 cm³/mol. The summed E-state index contributed by atoms with van der Waals surface area (Å²) < 4.78 is 34.4. The Balaban J connectivity index is 1.58. The number of hydrogen-bond donors (Lipinski definition) is 1. The van der Waals surface area contributed by atoms with E-state index in [-0.39, 0.29) is 16.7 Å². The fourth-order valence-corrected chi connectivity index (χ4v) is 3.95. The average Bonchev–Trinajstić information content (AvgIpc) is 3.01. The molecule has 0 unspecified atom stereocenters. The molecule has 3 rings (SSSR count). The predicted octanol–water partition coefficient (Wildman–Crippen LogP) is 3.27. The zero-order valence-corrected chi connectivity index (χ0v) is 16.4. The Morgan fingerprint density at radius 3 is 2.41 bits per heavy atom. The Morgan fingerprint density at radius 2 is 1.70 bits per heavy atom. The molecule has 3 aromatic rings. The first-order valence-electron chi connectivity index (χ1n) is 8.32. The minimum absolute atomic E-state index is 0.0746. The number of nitrogens with one attached hydrogen (secondary N) is 1. The van der Waals surface area contributed by atoms with Crippen LogP contribution >= 0.6 is 11.6 Å². The Bertz CT molecular complexity index is 1000. The van der Waals surface area contributed by atoms with E-state index >= 15 is 0 Å². The molecule has 0 radical (unpaired) electrons. The van der Waals surface area contributed by atoms with Crippen molar-refractivity contribution in [3.05, 3.63) is 82.8 Å². The van der Waals surface area contributed by atoms with Gasteiger partial charge in [0, 0.05) is 13.6 Å². The molecule has 6 nitrogen and oxygen atoms in total. The number of rotatable bonds is 8. The van der Waals surface area contributed by atoms with Crippen LogP contribution in [0.25, 0.3) is 0 Å². The van der Waals surface area contributed by atoms with Crippen molar-refractivity contribution in [3.63, 3.8) is 0 Å². The lowest BCUT2D eigenvalue weighted by Gasteiger charge is -2.08. The number of nitrogens with zero attached hydrogens (tertiary/aromatic N) is 2. The lowest BCUT2D eigenvalue weighted by atomic mass is 10.1. The van der Waals surface area contributed by atoms with E-state index in [0.29, 0.717) is 13.2 Å². The zero-order chi connectivity index (χ0) is 19.3. The Morgan fingerprint density at radius 1 is 1.04 bits per heavy atom. The summed E-state index contributed by atoms with van der Waals surface area (Å²) in [6.45, 7) is 1.11. The highest BCUT2D eigenvalue weighted by atomic mass is 35.5. The summed E-state index contributed by atoms with van der Waals surface area (Å²) >= 11 is 5.97. The molecule has 0 fully saturated rings. The molecule has 27 heavy (non-hydrogen) atoms. The van der Waals surface area contributed by atoms with E-state index in [0.717, 1.165) is 16.7 Å². The Labute approximate surface area is 163 Å². The van der Waals surface area contributed by atoms with E-state index in [1.54, 1.807) is 7.05 Å². The van der Waals surface area contributed by atoms with E-state index in [4.69, 9.17) is 16.3 Å². The standard InChI is InChI=1S/C19H20ClN3O3S/c1-23-14-21-19(18(23)20)27(24,25)22-11-16-8-5-9-17(10-16)13-26-12-15-6-3-2-4-7-15/h2-10,14,22H,11-13H2,1H3. The second kappa shape index (κ2) is 8.67. The third-order valence-corrected chi connectivity index (χ3v) is 5.82. The summed E-state index contributed by atoms with van der Waals surface area (Å²) in [6.07, 6.45) is 1.36. The molecule has 0 bridgehead atoms. The Kier molecular flexibility index (Phi) is 6.28. The topological polar surface area (TPSA) is 73.2 Å². The number of ether oxygens (including phenoxy) is 1. The van der Waals surface area contributed by atoms with Crippen LogP contribution in [0.4, 0.5) is 0 Å². The minimum Gasteiger partial charge on any atom is -0.372 e. The van der Waals surface area contributed by atoms with Gasteiger partial charge in [0.05, 0.1) is 19.5 Å². The van der Waals surface area contributed by atoms with Crippen LogP contribution in [-0.2, 0) is 41.6 Å². The number of benzene rings is 2. The van der Waals surface area contributed by atoms with Crippen LogP contribution in [0.2, 0.25) is 5.15 Å². The van der Waals surface area contributed by atoms with Gasteiger partial charge in [0.15, 0.2) is 0 Å². The van der Waals surface area contributed by atoms with Crippen molar-refractivity contribution in [3.8, 4) is 0 Å². The number of aromatic nitrogens is 2. The normalized spacial score (nSPS) is 11.6. The van der Waals surface area contributed by atoms with Crippen LogP contribution in [-0.4, -0.2) is 18.0 Å². The molecule has 1 heterocycles. The lowest BCUT2D eigenvalue weighted by molar-refractivity contribution is 0.107. The molecule has 0 saturated heterocycles. The summed E-state index contributed by atoms with van der Waals surface area (Å²) in [5.41, 5.74) is 2.90. The second-order valence-electron chi connectivity index (χ2n) is 6.07. The molecule has 1 aromatic heterocycles. The van der Waals surface area contributed by atoms with E-state index < -0.39 is 10.0 Å². The van der Waals surface area contributed by atoms with Gasteiger partial charge < -0.3 is 9.30 Å². The number of halogens is 1. The maximum absolute atomic E-state index is 12.4. The van der Waals surface area contributed by atoms with Gasteiger partial charge in [-0.3, -0.25) is 0 Å². The average molecular weight is 406 g/mol. The highest BCUT2D eigenvalue weighted by Crippen LogP contribution is 2.18. The van der Waals surface area contributed by atoms with Gasteiger partial charge in [-0.2, -0.15) is 0 Å². The van der Waals surface area contributed by atoms with Gasteiger partial charge >= 0.3 is 0 Å². The number of aryl methyl sites for hydroxylation is 1. The van der Waals surface area contributed by atoms with Crippen LogP contribution in [0, 0.1) is 0 Å². The molecule has 1 N–H and O–H groups in total. The van der Waals surface area contributed by atoms with Crippen LogP contribution < -0.4 is 4.72 Å². The third-order valence-electron chi connectivity index (χ3n) is 3.93. The van der Waals surface area contributed by atoms with Gasteiger partial charge in [-0.15, -0.1) is 0 Å². The smallest absolute Gasteiger partial charge is 0.261 e. The molecular weight excluding hydrogens is 386 g/mol. The minimum atomic E-state index is -3.78. The van der Waals surface area contributed by atoms with Gasteiger partial charge in [-0.25, -0.2) is 18.1 Å². The summed E-state index contributed by atoms with van der Waals surface area (Å²) in [6, 6.07) is 17.5. The van der Waals surface area contributed by atoms with Crippen molar-refractivity contribution in [2.45, 2.75) is 24.8 Å². The number of imidazole rings is 1. The van der Waals surface area contributed by atoms with Crippen molar-refractivity contribution in [2.24, 2.45) is 7.05 Å². The van der Waals surface area contributed by atoms with E-state index in [2.05, 4.69) is 9.71 Å². The van der Waals surface area contributed by atoms with Crippen LogP contribution in [0.15, 0.2) is 66.0 Å². The lowest BCUT2D eigenvalue weighted by Crippen LogP contribution is -2.24. The van der Waals surface area contributed by atoms with Gasteiger partial charge in [-0.1, -0.05) is 66.2 Å². The van der Waals surface area contributed by atoms with Gasteiger partial charge in [0.1, 0.15) is 5.15 Å². The SMILES string of the molecule is Cn1cnc(S(=O)(=O)NCc2cccc(COCc3ccccc3)c2)c1Cl. The van der Waals surface area contributed by atoms with E-state index in [9.17, 15) is 8.42 Å². The summed E-state index contributed by atoms with van der Waals surface area (Å²) in [5.74, 6) is 0. The molecule has 0 aliphatic heterocycles. The van der Waals surface area contributed by atoms with Crippen molar-refractivity contribution < 1.29 is 13.2 Å². The largest absolute Gasteiger partial charge is 0.372 e. The summed E-state index contributed by atoms with van der Waals surface area (Å²) in [4.78, 5) is 3.85. The van der Waals surface area contributed by atoms with Crippen molar-refractivity contribution in [1.29, 1.82) is 0 Å². The molecule has 142 valence electrons. The maximum Gasteiger partial charge on any atom is 0.261 e. The molecule has 0 atom stereocenters. The molecule has 0 spiro atoms. The maximum atomic E-state index is 12.4. The zero-order valence-electron chi connectivity index (χ0n) is 14.8. The van der Waals surface area contributed by atoms with Crippen LogP contribution in [0.3, 0.4) is 0 Å². The van der Waals surface area contributed by atoms with Gasteiger partial charge in [0.25, 0.3) is 10.0 Å². The summed E-state index contributed by atoms with van der Waals surface area (Å²) in [5, 5.41) is -0.0976. The second-order valence-corrected chi connectivity index (χ2v) is 8.11. The number of hydrogen-bond acceptors (Lipinski definition) is 4. The first-order chi connectivity index (χ1) is 13.0. The van der Waals surface area contributed by atoms with Crippen molar-refractivity contribution >= 4 is 21.6 Å².